The van der Waals surface area contributed by atoms with E-state index in [2.05, 4.69) is 0 Å². The molecule has 0 amide bonds. The molecule has 0 aromatic heterocycles. The first kappa shape index (κ1) is 19.8. The molecule has 0 aliphatic rings. The third kappa shape index (κ3) is 9.38. The third-order valence-corrected chi connectivity index (χ3v) is 2.50. The van der Waals surface area contributed by atoms with Crippen LogP contribution in [0, 0.1) is 0 Å². The van der Waals surface area contributed by atoms with Gasteiger partial charge in [-0.3, -0.25) is 9.59 Å². The Kier molecular flexibility index (Phi) is 10.8. The van der Waals surface area contributed by atoms with E-state index in [0.717, 1.165) is 0 Å². The number of carboxylic acid groups (broad SMARTS) is 1. The molecule has 0 aromatic carbocycles. The summed E-state index contributed by atoms with van der Waals surface area (Å²) in [6.07, 6.45) is 1.01. The summed E-state index contributed by atoms with van der Waals surface area (Å²) in [4.78, 5) is 22.2. The van der Waals surface area contributed by atoms with Crippen LogP contribution in [0.3, 0.4) is 0 Å². The van der Waals surface area contributed by atoms with Crippen molar-refractivity contribution in [2.24, 2.45) is 0 Å². The molecule has 0 spiro atoms. The maximum atomic E-state index is 11.8. The monoisotopic (exact) mass is 306 g/mol. The van der Waals surface area contributed by atoms with Crippen LogP contribution in [0.5, 0.6) is 0 Å². The van der Waals surface area contributed by atoms with Gasteiger partial charge in [0.25, 0.3) is 0 Å². The number of hydrogen-bond acceptors (Lipinski definition) is 6. The van der Waals surface area contributed by atoms with Crippen molar-refractivity contribution in [2.75, 3.05) is 26.4 Å². The van der Waals surface area contributed by atoms with E-state index in [1.807, 2.05) is 6.92 Å². The second-order valence-electron chi connectivity index (χ2n) is 4.26. The first-order chi connectivity index (χ1) is 9.99. The topological polar surface area (TPSA) is 91.3 Å². The SMILES string of the molecule is CCOCC(OCC)(OCC)OC(=O)CCCCC(=O)O. The summed E-state index contributed by atoms with van der Waals surface area (Å²) in [5, 5.41) is 8.53. The van der Waals surface area contributed by atoms with E-state index in [-0.39, 0.29) is 19.4 Å². The highest BCUT2D eigenvalue weighted by atomic mass is 16.9. The first-order valence-electron chi connectivity index (χ1n) is 7.29. The maximum absolute atomic E-state index is 11.8. The molecule has 0 aliphatic carbocycles. The molecule has 21 heavy (non-hydrogen) atoms. The van der Waals surface area contributed by atoms with E-state index in [1.54, 1.807) is 13.8 Å². The molecule has 0 saturated carbocycles. The Bertz CT molecular complexity index is 298. The lowest BCUT2D eigenvalue weighted by molar-refractivity contribution is -0.375. The molecule has 0 fully saturated rings. The zero-order chi connectivity index (χ0) is 16.1. The van der Waals surface area contributed by atoms with Crippen molar-refractivity contribution in [3.05, 3.63) is 0 Å². The molecular weight excluding hydrogens is 280 g/mol. The summed E-state index contributed by atoms with van der Waals surface area (Å²) < 4.78 is 21.3. The second kappa shape index (κ2) is 11.5. The van der Waals surface area contributed by atoms with Gasteiger partial charge in [-0.1, -0.05) is 0 Å². The Morgan fingerprint density at radius 3 is 2.00 bits per heavy atom. The van der Waals surface area contributed by atoms with Crippen LogP contribution in [0.1, 0.15) is 46.5 Å². The standard InChI is InChI=1S/C14H26O7/c1-4-18-11-14(19-5-2,20-6-3)21-13(17)10-8-7-9-12(15)16/h4-11H2,1-3H3,(H,15,16). The fraction of sp³-hybridized carbons (Fsp3) is 0.857. The van der Waals surface area contributed by atoms with Gasteiger partial charge in [-0.2, -0.15) is 0 Å². The normalized spacial score (nSPS) is 11.4. The number of hydrogen-bond donors (Lipinski definition) is 1. The molecule has 7 nitrogen and oxygen atoms in total. The lowest BCUT2D eigenvalue weighted by Crippen LogP contribution is -2.45. The first-order valence-corrected chi connectivity index (χ1v) is 7.29. The van der Waals surface area contributed by atoms with Gasteiger partial charge < -0.3 is 24.1 Å². The number of ether oxygens (including phenoxy) is 4. The van der Waals surface area contributed by atoms with E-state index >= 15 is 0 Å². The van der Waals surface area contributed by atoms with Crippen molar-refractivity contribution in [2.45, 2.75) is 52.4 Å². The fourth-order valence-electron chi connectivity index (χ4n) is 1.65. The summed E-state index contributed by atoms with van der Waals surface area (Å²) in [6.45, 7) is 6.39. The summed E-state index contributed by atoms with van der Waals surface area (Å²) >= 11 is 0. The molecule has 0 atom stereocenters. The van der Waals surface area contributed by atoms with Crippen molar-refractivity contribution in [1.29, 1.82) is 0 Å². The number of esters is 1. The highest BCUT2D eigenvalue weighted by Gasteiger charge is 2.36. The van der Waals surface area contributed by atoms with Gasteiger partial charge in [-0.15, -0.1) is 0 Å². The van der Waals surface area contributed by atoms with Crippen LogP contribution in [-0.4, -0.2) is 49.4 Å². The molecule has 0 radical (unpaired) electrons. The van der Waals surface area contributed by atoms with Gasteiger partial charge in [0.1, 0.15) is 6.61 Å². The van der Waals surface area contributed by atoms with Gasteiger partial charge in [-0.05, 0) is 33.6 Å². The average molecular weight is 306 g/mol. The van der Waals surface area contributed by atoms with Crippen LogP contribution < -0.4 is 0 Å². The van der Waals surface area contributed by atoms with Crippen LogP contribution in [-0.2, 0) is 28.5 Å². The highest BCUT2D eigenvalue weighted by Crippen LogP contribution is 2.18. The summed E-state index contributed by atoms with van der Waals surface area (Å²) in [5.74, 6) is -2.90. The fourth-order valence-corrected chi connectivity index (χ4v) is 1.65. The molecule has 0 aliphatic heterocycles. The van der Waals surface area contributed by atoms with Crippen LogP contribution in [0.4, 0.5) is 0 Å². The number of unbranched alkanes of at least 4 members (excludes halogenated alkanes) is 1. The molecule has 0 saturated heterocycles. The molecule has 0 unspecified atom stereocenters. The largest absolute Gasteiger partial charge is 0.481 e. The summed E-state index contributed by atoms with van der Waals surface area (Å²) in [5.41, 5.74) is 0. The Balaban J connectivity index is 4.40. The molecule has 124 valence electrons. The molecule has 0 rings (SSSR count). The number of carbonyl (C=O) groups is 2. The summed E-state index contributed by atoms with van der Waals surface area (Å²) in [7, 11) is 0. The van der Waals surface area contributed by atoms with E-state index in [1.165, 1.54) is 0 Å². The van der Waals surface area contributed by atoms with Crippen LogP contribution in [0.15, 0.2) is 0 Å². The van der Waals surface area contributed by atoms with E-state index in [9.17, 15) is 9.59 Å². The van der Waals surface area contributed by atoms with Gasteiger partial charge in [0.2, 0.25) is 0 Å². The molecule has 7 heteroatoms. The van der Waals surface area contributed by atoms with E-state index in [0.29, 0.717) is 32.7 Å². The number of carbonyl (C=O) groups excluding carboxylic acids is 1. The van der Waals surface area contributed by atoms with Crippen molar-refractivity contribution in [1.82, 2.24) is 0 Å². The minimum absolute atomic E-state index is 0.00789. The van der Waals surface area contributed by atoms with Crippen LogP contribution in [0.2, 0.25) is 0 Å². The van der Waals surface area contributed by atoms with Crippen molar-refractivity contribution < 1.29 is 33.6 Å². The quantitative estimate of drug-likeness (QED) is 0.316. The Labute approximate surface area is 125 Å². The minimum atomic E-state index is -1.52. The molecular formula is C14H26O7. The average Bonchev–Trinajstić information content (AvgIpc) is 2.42. The smallest absolute Gasteiger partial charge is 0.353 e. The van der Waals surface area contributed by atoms with Crippen molar-refractivity contribution in [3.63, 3.8) is 0 Å². The Morgan fingerprint density at radius 2 is 1.52 bits per heavy atom. The van der Waals surface area contributed by atoms with Gasteiger partial charge in [-0.25, -0.2) is 0 Å². The van der Waals surface area contributed by atoms with Gasteiger partial charge in [0, 0.05) is 19.4 Å². The molecule has 0 aromatic rings. The zero-order valence-corrected chi connectivity index (χ0v) is 13.1. The molecule has 0 heterocycles. The lowest BCUT2D eigenvalue weighted by Gasteiger charge is -2.31. The molecule has 0 bridgehead atoms. The van der Waals surface area contributed by atoms with Crippen LogP contribution in [0.25, 0.3) is 0 Å². The Morgan fingerprint density at radius 1 is 0.952 bits per heavy atom. The Hall–Kier alpha value is -1.18. The predicted octanol–water partition coefficient (Wildman–Crippen LogP) is 1.94. The molecule has 1 N–H and O–H groups in total. The zero-order valence-electron chi connectivity index (χ0n) is 13.1. The maximum Gasteiger partial charge on any atom is 0.353 e. The highest BCUT2D eigenvalue weighted by molar-refractivity contribution is 5.70. The lowest BCUT2D eigenvalue weighted by atomic mass is 10.2. The van der Waals surface area contributed by atoms with Gasteiger partial charge in [0.15, 0.2) is 0 Å². The second-order valence-corrected chi connectivity index (χ2v) is 4.26. The summed E-state index contributed by atoms with van der Waals surface area (Å²) in [6, 6.07) is 0. The van der Waals surface area contributed by atoms with E-state index in [4.69, 9.17) is 24.1 Å². The number of rotatable bonds is 13. The van der Waals surface area contributed by atoms with Crippen molar-refractivity contribution >= 4 is 11.9 Å². The third-order valence-electron chi connectivity index (χ3n) is 2.50. The van der Waals surface area contributed by atoms with E-state index < -0.39 is 17.9 Å². The van der Waals surface area contributed by atoms with Gasteiger partial charge in [0.05, 0.1) is 13.2 Å². The van der Waals surface area contributed by atoms with Gasteiger partial charge >= 0.3 is 17.9 Å². The minimum Gasteiger partial charge on any atom is -0.481 e. The van der Waals surface area contributed by atoms with Crippen LogP contribution >= 0.6 is 0 Å². The number of carboxylic acids is 1. The predicted molar refractivity (Wildman–Crippen MR) is 74.7 cm³/mol. The van der Waals surface area contributed by atoms with Crippen molar-refractivity contribution in [3.8, 4) is 0 Å². The number of aliphatic carboxylic acids is 1.